The number of aromatic nitrogens is 2. The van der Waals surface area contributed by atoms with Gasteiger partial charge in [-0.1, -0.05) is 72.8 Å². The fourth-order valence-electron chi connectivity index (χ4n) is 4.81. The highest BCUT2D eigenvalue weighted by atomic mass is 16.6. The number of nitrogens with one attached hydrogen (secondary N) is 2. The van der Waals surface area contributed by atoms with Gasteiger partial charge in [0.2, 0.25) is 11.8 Å². The van der Waals surface area contributed by atoms with Crippen LogP contribution in [0, 0.1) is 0 Å². The number of ether oxygens (including phenoxy) is 1. The molecule has 0 aliphatic carbocycles. The second-order valence-electron chi connectivity index (χ2n) is 9.91. The van der Waals surface area contributed by atoms with E-state index in [1.165, 1.54) is 11.8 Å². The van der Waals surface area contributed by atoms with E-state index in [1.807, 2.05) is 54.6 Å². The molecule has 9 heteroatoms. The maximum absolute atomic E-state index is 13.5. The first-order valence-electron chi connectivity index (χ1n) is 13.3. The normalized spacial score (nSPS) is 17.5. The van der Waals surface area contributed by atoms with E-state index in [-0.39, 0.29) is 30.4 Å². The molecule has 1 saturated heterocycles. The molecule has 0 radical (unpaired) electrons. The van der Waals surface area contributed by atoms with Crippen LogP contribution in [0.5, 0.6) is 0 Å². The third kappa shape index (κ3) is 7.06. The van der Waals surface area contributed by atoms with Crippen molar-refractivity contribution in [3.05, 3.63) is 108 Å². The number of carbonyl (C=O) groups is 3. The van der Waals surface area contributed by atoms with Gasteiger partial charge in [0.05, 0.1) is 35.8 Å². The van der Waals surface area contributed by atoms with Crippen molar-refractivity contribution in [2.24, 2.45) is 5.73 Å². The van der Waals surface area contributed by atoms with Gasteiger partial charge in [-0.15, -0.1) is 0 Å². The summed E-state index contributed by atoms with van der Waals surface area (Å²) in [6.07, 6.45) is 2.99. The van der Waals surface area contributed by atoms with Gasteiger partial charge >= 0.3 is 0 Å². The van der Waals surface area contributed by atoms with E-state index in [4.69, 9.17) is 10.5 Å². The van der Waals surface area contributed by atoms with E-state index in [0.29, 0.717) is 17.5 Å². The first kappa shape index (κ1) is 27.0. The molecule has 0 spiro atoms. The molecule has 4 N–H and O–H groups in total. The van der Waals surface area contributed by atoms with Crippen molar-refractivity contribution in [2.75, 3.05) is 0 Å². The highest BCUT2D eigenvalue weighted by molar-refractivity contribution is 5.98. The Labute approximate surface area is 232 Å². The van der Waals surface area contributed by atoms with Crippen molar-refractivity contribution < 1.29 is 19.1 Å². The van der Waals surface area contributed by atoms with E-state index in [1.54, 1.807) is 18.2 Å². The zero-order chi connectivity index (χ0) is 27.9. The number of rotatable bonds is 12. The Bertz CT molecular complexity index is 1480. The first-order valence-corrected chi connectivity index (χ1v) is 13.3. The number of benzene rings is 3. The van der Waals surface area contributed by atoms with E-state index in [9.17, 15) is 14.4 Å². The molecule has 3 aromatic carbocycles. The molecular formula is C31H31N5O4. The van der Waals surface area contributed by atoms with Crippen LogP contribution in [0.4, 0.5) is 0 Å². The fourth-order valence-corrected chi connectivity index (χ4v) is 4.81. The minimum absolute atomic E-state index is 0.00808. The van der Waals surface area contributed by atoms with E-state index in [2.05, 4.69) is 32.7 Å². The summed E-state index contributed by atoms with van der Waals surface area (Å²) in [5, 5.41) is 5.65. The SMILES string of the molecule is NC(=O)C[C@@H](NC(=O)c1cnc2ccccc2n1)C(=O)NC(Cc1ccccc1)C1OC1CCc1ccccc1. The Morgan fingerprint density at radius 2 is 1.50 bits per heavy atom. The number of hydrogen-bond acceptors (Lipinski definition) is 6. The molecule has 0 saturated carbocycles. The standard InChI is InChI=1S/C31H31N5O4/c32-28(37)18-25(36-31(39)26-19-33-22-13-7-8-14-23(22)34-26)30(38)35-24(17-21-11-5-2-6-12-21)29-27(40-29)16-15-20-9-3-1-4-10-20/h1-14,19,24-25,27,29H,15-18H2,(H2,32,37)(H,35,38)(H,36,39)/t24?,25-,27?,29?/m1/s1. The van der Waals surface area contributed by atoms with Gasteiger partial charge in [-0.25, -0.2) is 4.98 Å². The van der Waals surface area contributed by atoms with Crippen LogP contribution in [-0.4, -0.2) is 52.0 Å². The minimum Gasteiger partial charge on any atom is -0.370 e. The van der Waals surface area contributed by atoms with Crippen LogP contribution < -0.4 is 16.4 Å². The Morgan fingerprint density at radius 3 is 2.20 bits per heavy atom. The summed E-state index contributed by atoms with van der Waals surface area (Å²) >= 11 is 0. The number of nitrogens with zero attached hydrogens (tertiary/aromatic N) is 2. The maximum atomic E-state index is 13.5. The second kappa shape index (κ2) is 12.5. The Balaban J connectivity index is 1.28. The molecule has 5 rings (SSSR count). The van der Waals surface area contributed by atoms with E-state index >= 15 is 0 Å². The van der Waals surface area contributed by atoms with Crippen molar-refractivity contribution in [3.63, 3.8) is 0 Å². The van der Waals surface area contributed by atoms with Gasteiger partial charge in [0.25, 0.3) is 5.91 Å². The number of carbonyl (C=O) groups excluding carboxylic acids is 3. The number of aryl methyl sites for hydroxylation is 1. The molecule has 9 nitrogen and oxygen atoms in total. The van der Waals surface area contributed by atoms with Gasteiger partial charge in [-0.2, -0.15) is 0 Å². The van der Waals surface area contributed by atoms with Crippen LogP contribution in [-0.2, 0) is 27.2 Å². The topological polar surface area (TPSA) is 140 Å². The lowest BCUT2D eigenvalue weighted by Crippen LogP contribution is -2.53. The third-order valence-electron chi connectivity index (χ3n) is 6.91. The number of fused-ring (bicyclic) bond motifs is 1. The molecule has 1 fully saturated rings. The van der Waals surface area contributed by atoms with Crippen LogP contribution in [0.15, 0.2) is 91.1 Å². The molecule has 4 atom stereocenters. The number of hydrogen-bond donors (Lipinski definition) is 3. The van der Waals surface area contributed by atoms with Gasteiger partial charge in [0.1, 0.15) is 17.8 Å². The second-order valence-corrected chi connectivity index (χ2v) is 9.91. The molecule has 0 bridgehead atoms. The zero-order valence-electron chi connectivity index (χ0n) is 21.9. The summed E-state index contributed by atoms with van der Waals surface area (Å²) in [4.78, 5) is 46.9. The Hall–Kier alpha value is -4.63. The van der Waals surface area contributed by atoms with Crippen molar-refractivity contribution in [2.45, 2.75) is 50.0 Å². The highest BCUT2D eigenvalue weighted by Crippen LogP contribution is 2.31. The lowest BCUT2D eigenvalue weighted by atomic mass is 9.98. The smallest absolute Gasteiger partial charge is 0.272 e. The summed E-state index contributed by atoms with van der Waals surface area (Å²) in [5.41, 5.74) is 8.92. The number of primary amides is 1. The largest absolute Gasteiger partial charge is 0.370 e. The summed E-state index contributed by atoms with van der Waals surface area (Å²) in [6.45, 7) is 0. The van der Waals surface area contributed by atoms with Gasteiger partial charge in [-0.05, 0) is 42.5 Å². The quantitative estimate of drug-likeness (QED) is 0.238. The molecule has 2 heterocycles. The first-order chi connectivity index (χ1) is 19.5. The highest BCUT2D eigenvalue weighted by Gasteiger charge is 2.45. The molecule has 40 heavy (non-hydrogen) atoms. The predicted octanol–water partition coefficient (Wildman–Crippen LogP) is 2.73. The van der Waals surface area contributed by atoms with E-state index < -0.39 is 23.8 Å². The van der Waals surface area contributed by atoms with Crippen LogP contribution in [0.3, 0.4) is 0 Å². The van der Waals surface area contributed by atoms with Crippen molar-refractivity contribution in [1.29, 1.82) is 0 Å². The van der Waals surface area contributed by atoms with Crippen molar-refractivity contribution >= 4 is 28.8 Å². The molecule has 3 amide bonds. The van der Waals surface area contributed by atoms with Crippen LogP contribution in [0.25, 0.3) is 11.0 Å². The number of para-hydroxylation sites is 2. The van der Waals surface area contributed by atoms with Crippen LogP contribution in [0.2, 0.25) is 0 Å². The summed E-state index contributed by atoms with van der Waals surface area (Å²) < 4.78 is 6.01. The van der Waals surface area contributed by atoms with Crippen molar-refractivity contribution in [3.8, 4) is 0 Å². The van der Waals surface area contributed by atoms with Gasteiger partial charge < -0.3 is 21.1 Å². The maximum Gasteiger partial charge on any atom is 0.272 e. The zero-order valence-corrected chi connectivity index (χ0v) is 21.9. The average Bonchev–Trinajstić information content (AvgIpc) is 3.75. The summed E-state index contributed by atoms with van der Waals surface area (Å²) in [7, 11) is 0. The average molecular weight is 538 g/mol. The number of amides is 3. The number of epoxide rings is 1. The Kier molecular flexibility index (Phi) is 8.41. The predicted molar refractivity (Wildman–Crippen MR) is 150 cm³/mol. The van der Waals surface area contributed by atoms with Gasteiger partial charge in [0, 0.05) is 0 Å². The Morgan fingerprint density at radius 1 is 0.850 bits per heavy atom. The van der Waals surface area contributed by atoms with Crippen molar-refractivity contribution in [1.82, 2.24) is 20.6 Å². The third-order valence-corrected chi connectivity index (χ3v) is 6.91. The molecule has 1 aromatic heterocycles. The van der Waals surface area contributed by atoms with Gasteiger partial charge in [0.15, 0.2) is 0 Å². The molecule has 3 unspecified atom stereocenters. The lowest BCUT2D eigenvalue weighted by Gasteiger charge is -2.22. The molecule has 1 aliphatic rings. The van der Waals surface area contributed by atoms with Crippen LogP contribution >= 0.6 is 0 Å². The molecule has 4 aromatic rings. The fraction of sp³-hybridized carbons (Fsp3) is 0.258. The summed E-state index contributed by atoms with van der Waals surface area (Å²) in [6, 6.07) is 25.6. The monoisotopic (exact) mass is 537 g/mol. The minimum atomic E-state index is -1.18. The molecule has 1 aliphatic heterocycles. The molecule has 204 valence electrons. The summed E-state index contributed by atoms with van der Waals surface area (Å²) in [5.74, 6) is -1.85. The molecular weight excluding hydrogens is 506 g/mol. The van der Waals surface area contributed by atoms with E-state index in [0.717, 1.165) is 18.4 Å². The van der Waals surface area contributed by atoms with Crippen LogP contribution in [0.1, 0.15) is 34.5 Å². The van der Waals surface area contributed by atoms with Gasteiger partial charge in [-0.3, -0.25) is 19.4 Å². The number of nitrogens with two attached hydrogens (primary N) is 1. The lowest BCUT2D eigenvalue weighted by molar-refractivity contribution is -0.127.